The highest BCUT2D eigenvalue weighted by molar-refractivity contribution is 7.33. The summed E-state index contributed by atoms with van der Waals surface area (Å²) < 4.78 is 20.0. The molecule has 2 nitrogen and oxygen atoms in total. The first-order chi connectivity index (χ1) is 30.6. The smallest absolute Gasteiger partial charge is 0.264 e. The van der Waals surface area contributed by atoms with Gasteiger partial charge in [0.25, 0.3) is 6.71 Å². The molecular weight excluding hydrogens is 811 g/mol. The second-order valence-electron chi connectivity index (χ2n) is 23.8. The van der Waals surface area contributed by atoms with Gasteiger partial charge in [0.05, 0.1) is 11.4 Å². The maximum atomic E-state index is 17.4. The number of thiophene rings is 1. The Bertz CT molecular complexity index is 3140. The third-order valence-electron chi connectivity index (χ3n) is 16.4. The maximum absolute atomic E-state index is 17.4. The van der Waals surface area contributed by atoms with Crippen molar-refractivity contribution in [2.24, 2.45) is 0 Å². The van der Waals surface area contributed by atoms with Crippen molar-refractivity contribution in [2.75, 3.05) is 9.80 Å². The van der Waals surface area contributed by atoms with Crippen LogP contribution in [-0.4, -0.2) is 6.71 Å². The van der Waals surface area contributed by atoms with Crippen LogP contribution in [0.2, 0.25) is 0 Å². The number of aryl methyl sites for hydroxylation is 2. The number of anilines is 6. The molecule has 330 valence electrons. The van der Waals surface area contributed by atoms with E-state index < -0.39 is 0 Å². The zero-order valence-corrected chi connectivity index (χ0v) is 41.7. The van der Waals surface area contributed by atoms with Crippen LogP contribution in [0.3, 0.4) is 0 Å². The van der Waals surface area contributed by atoms with Gasteiger partial charge >= 0.3 is 0 Å². The molecule has 0 saturated carbocycles. The fraction of sp³-hybridized carbons (Fsp3) is 0.367. The standard InChI is InChI=1S/C60H64BFN2S/c1-35-19-22-52-41(27-35)54-55(65-52)61-46-32-43-45(60(12,13)26-24-58(43,8)9)34-49(46)63(48-33-44-42(57(6,7)23-25-59(44,10)11)31-40(48)37-17-15-14-16-18-37)50-29-39(62)30-51(53(50)61)64(54)47-21-20-38(28-36(47)2)56(3,4)5/h14-22,27-34H,23-26H2,1-13H3. The third kappa shape index (κ3) is 6.37. The molecule has 1 aromatic heterocycles. The monoisotopic (exact) mass is 874 g/mol. The van der Waals surface area contributed by atoms with E-state index in [1.165, 1.54) is 87.2 Å². The number of benzene rings is 6. The first-order valence-electron chi connectivity index (χ1n) is 24.1. The summed E-state index contributed by atoms with van der Waals surface area (Å²) in [6, 6.07) is 38.7. The van der Waals surface area contributed by atoms with Gasteiger partial charge in [0, 0.05) is 43.2 Å². The van der Waals surface area contributed by atoms with Crippen LogP contribution in [0.15, 0.2) is 103 Å². The van der Waals surface area contributed by atoms with Crippen LogP contribution in [0.4, 0.5) is 38.5 Å². The van der Waals surface area contributed by atoms with Gasteiger partial charge in [0.15, 0.2) is 0 Å². The van der Waals surface area contributed by atoms with Gasteiger partial charge in [-0.15, -0.1) is 11.3 Å². The van der Waals surface area contributed by atoms with E-state index in [1.807, 2.05) is 23.5 Å². The fourth-order valence-electron chi connectivity index (χ4n) is 12.1. The topological polar surface area (TPSA) is 6.48 Å². The zero-order chi connectivity index (χ0) is 45.9. The van der Waals surface area contributed by atoms with Crippen LogP contribution in [0.5, 0.6) is 0 Å². The fourth-order valence-corrected chi connectivity index (χ4v) is 13.4. The van der Waals surface area contributed by atoms with Crippen LogP contribution < -0.4 is 25.5 Å². The van der Waals surface area contributed by atoms with Crippen molar-refractivity contribution < 1.29 is 4.39 Å². The van der Waals surface area contributed by atoms with Crippen molar-refractivity contribution in [1.82, 2.24) is 0 Å². The van der Waals surface area contributed by atoms with Crippen molar-refractivity contribution in [3.63, 3.8) is 0 Å². The molecule has 0 unspecified atom stereocenters. The predicted molar refractivity (Wildman–Crippen MR) is 280 cm³/mol. The summed E-state index contributed by atoms with van der Waals surface area (Å²) >= 11 is 1.93. The predicted octanol–water partition coefficient (Wildman–Crippen LogP) is 15.4. The molecule has 7 aromatic rings. The molecule has 0 atom stereocenters. The van der Waals surface area contributed by atoms with Gasteiger partial charge in [-0.25, -0.2) is 4.39 Å². The number of nitrogens with zero attached hydrogens (tertiary/aromatic N) is 2. The highest BCUT2D eigenvalue weighted by Gasteiger charge is 2.49. The lowest BCUT2D eigenvalue weighted by Crippen LogP contribution is -2.61. The van der Waals surface area contributed by atoms with E-state index in [4.69, 9.17) is 0 Å². The van der Waals surface area contributed by atoms with E-state index >= 15 is 4.39 Å². The number of hydrogen-bond donors (Lipinski definition) is 0. The van der Waals surface area contributed by atoms with Gasteiger partial charge in [0.1, 0.15) is 5.82 Å². The molecule has 0 saturated heterocycles. The molecule has 2 aliphatic carbocycles. The Labute approximate surface area is 392 Å². The number of halogens is 1. The van der Waals surface area contributed by atoms with Gasteiger partial charge in [-0.2, -0.15) is 0 Å². The minimum absolute atomic E-state index is 0.0000379. The molecule has 0 fully saturated rings. The van der Waals surface area contributed by atoms with Crippen molar-refractivity contribution in [2.45, 2.75) is 143 Å². The normalized spacial score (nSPS) is 18.5. The number of fused-ring (bicyclic) bond motifs is 8. The van der Waals surface area contributed by atoms with Crippen molar-refractivity contribution in [1.29, 1.82) is 0 Å². The highest BCUT2D eigenvalue weighted by atomic mass is 32.1. The van der Waals surface area contributed by atoms with Crippen LogP contribution in [0.1, 0.15) is 141 Å². The van der Waals surface area contributed by atoms with Crippen molar-refractivity contribution in [3.8, 4) is 11.1 Å². The summed E-state index contributed by atoms with van der Waals surface area (Å²) in [5.74, 6) is -0.223. The summed E-state index contributed by atoms with van der Waals surface area (Å²) in [4.78, 5) is 4.96. The van der Waals surface area contributed by atoms with Crippen molar-refractivity contribution in [3.05, 3.63) is 148 Å². The molecule has 3 heterocycles. The van der Waals surface area contributed by atoms with Gasteiger partial charge < -0.3 is 9.80 Å². The van der Waals surface area contributed by atoms with E-state index in [-0.39, 0.29) is 39.6 Å². The highest BCUT2D eigenvalue weighted by Crippen LogP contribution is 2.55. The van der Waals surface area contributed by atoms with Gasteiger partial charge in [0.2, 0.25) is 0 Å². The Morgan fingerprint density at radius 2 is 1.14 bits per heavy atom. The van der Waals surface area contributed by atoms with E-state index in [2.05, 4.69) is 191 Å². The average molecular weight is 875 g/mol. The molecule has 11 rings (SSSR count). The van der Waals surface area contributed by atoms with E-state index in [0.29, 0.717) is 0 Å². The van der Waals surface area contributed by atoms with E-state index in [9.17, 15) is 0 Å². The summed E-state index contributed by atoms with van der Waals surface area (Å²) in [5.41, 5.74) is 20.6. The molecule has 0 bridgehead atoms. The molecular formula is C60H64BFN2S. The molecule has 65 heavy (non-hydrogen) atoms. The molecule has 0 spiro atoms. The quantitative estimate of drug-likeness (QED) is 0.163. The summed E-state index contributed by atoms with van der Waals surface area (Å²) in [7, 11) is 0. The summed E-state index contributed by atoms with van der Waals surface area (Å²) in [6.45, 7) is 30.6. The molecule has 0 amide bonds. The Morgan fingerprint density at radius 3 is 1.74 bits per heavy atom. The van der Waals surface area contributed by atoms with Crippen LogP contribution in [0, 0.1) is 19.7 Å². The Balaban J connectivity index is 1.31. The summed E-state index contributed by atoms with van der Waals surface area (Å²) in [6.07, 6.45) is 4.49. The van der Waals surface area contributed by atoms with Crippen molar-refractivity contribution >= 4 is 78.0 Å². The van der Waals surface area contributed by atoms with Crippen LogP contribution >= 0.6 is 11.3 Å². The molecule has 0 N–H and O–H groups in total. The van der Waals surface area contributed by atoms with E-state index in [1.54, 1.807) is 0 Å². The second kappa shape index (κ2) is 14.0. The first kappa shape index (κ1) is 42.5. The number of rotatable bonds is 3. The Kier molecular flexibility index (Phi) is 9.13. The van der Waals surface area contributed by atoms with Crippen LogP contribution in [-0.2, 0) is 27.1 Å². The second-order valence-corrected chi connectivity index (χ2v) is 24.9. The van der Waals surface area contributed by atoms with Gasteiger partial charge in [-0.1, -0.05) is 136 Å². The lowest BCUT2D eigenvalue weighted by Gasteiger charge is -2.48. The zero-order valence-electron chi connectivity index (χ0n) is 40.9. The Morgan fingerprint density at radius 1 is 0.569 bits per heavy atom. The Hall–Kier alpha value is -5.13. The minimum Gasteiger partial charge on any atom is -0.311 e. The first-order valence-corrected chi connectivity index (χ1v) is 24.9. The average Bonchev–Trinajstić information content (AvgIpc) is 3.61. The molecule has 4 aliphatic rings. The lowest BCUT2D eigenvalue weighted by atomic mass is 9.35. The van der Waals surface area contributed by atoms with Gasteiger partial charge in [-0.3, -0.25) is 0 Å². The minimum atomic E-state index is -0.223. The molecule has 2 aliphatic heterocycles. The largest absolute Gasteiger partial charge is 0.311 e. The molecule has 6 aromatic carbocycles. The maximum Gasteiger partial charge on any atom is 0.264 e. The van der Waals surface area contributed by atoms with Gasteiger partial charge in [-0.05, 0) is 165 Å². The summed E-state index contributed by atoms with van der Waals surface area (Å²) in [5, 5.41) is 1.23. The number of hydrogen-bond acceptors (Lipinski definition) is 3. The molecule has 5 heteroatoms. The SMILES string of the molecule is Cc1ccc2sc3c(c2c1)N(c1ccc(C(C)(C)C)cc1C)c1cc(F)cc2c1B3c1cc3c(cc1N2c1cc2c(cc1-c1ccccc1)C(C)(C)CCC2(C)C)C(C)(C)CCC3(C)C. The lowest BCUT2D eigenvalue weighted by molar-refractivity contribution is 0.332. The van der Waals surface area contributed by atoms with E-state index in [0.717, 1.165) is 48.4 Å². The van der Waals surface area contributed by atoms with Crippen LogP contribution in [0.25, 0.3) is 21.2 Å². The third-order valence-corrected chi connectivity index (χ3v) is 17.6. The molecule has 0 radical (unpaired) electrons.